The summed E-state index contributed by atoms with van der Waals surface area (Å²) in [5.41, 5.74) is 1.42. The third-order valence-corrected chi connectivity index (χ3v) is 4.53. The highest BCUT2D eigenvalue weighted by atomic mass is 14.3. The van der Waals surface area contributed by atoms with Crippen molar-refractivity contribution in [3.63, 3.8) is 0 Å². The zero-order chi connectivity index (χ0) is 12.0. The van der Waals surface area contributed by atoms with E-state index in [1.54, 1.807) is 0 Å². The van der Waals surface area contributed by atoms with Gasteiger partial charge in [-0.05, 0) is 31.1 Å². The lowest BCUT2D eigenvalue weighted by atomic mass is 9.72. The van der Waals surface area contributed by atoms with E-state index >= 15 is 0 Å². The maximum Gasteiger partial charge on any atom is -0.0180 e. The van der Waals surface area contributed by atoms with Crippen LogP contribution in [0.2, 0.25) is 0 Å². The molecule has 2 unspecified atom stereocenters. The van der Waals surface area contributed by atoms with Gasteiger partial charge < -0.3 is 0 Å². The monoisotopic (exact) mass is 222 g/mol. The Labute approximate surface area is 103 Å². The van der Waals surface area contributed by atoms with Crippen molar-refractivity contribution in [2.75, 3.05) is 0 Å². The first-order chi connectivity index (χ1) is 7.66. The molecule has 0 aromatic carbocycles. The lowest BCUT2D eigenvalue weighted by Crippen LogP contribution is -2.23. The average molecular weight is 222 g/mol. The Morgan fingerprint density at radius 2 is 1.88 bits per heavy atom. The first kappa shape index (κ1) is 13.8. The van der Waals surface area contributed by atoms with E-state index in [2.05, 4.69) is 27.4 Å². The quantitative estimate of drug-likeness (QED) is 0.514. The molecule has 0 aromatic heterocycles. The molecule has 0 heterocycles. The van der Waals surface area contributed by atoms with Crippen molar-refractivity contribution in [2.24, 2.45) is 17.8 Å². The highest BCUT2D eigenvalue weighted by Gasteiger charge is 2.26. The van der Waals surface area contributed by atoms with Gasteiger partial charge in [-0.25, -0.2) is 0 Å². The minimum absolute atomic E-state index is 0.781. The van der Waals surface area contributed by atoms with E-state index in [1.807, 2.05) is 0 Å². The molecule has 1 fully saturated rings. The molecule has 1 rings (SSSR count). The van der Waals surface area contributed by atoms with Crippen LogP contribution in [0.4, 0.5) is 0 Å². The van der Waals surface area contributed by atoms with Crippen LogP contribution >= 0.6 is 0 Å². The molecular formula is C16H30. The molecule has 0 N–H and O–H groups in total. The van der Waals surface area contributed by atoms with Crippen LogP contribution in [0.1, 0.15) is 72.1 Å². The molecule has 16 heavy (non-hydrogen) atoms. The van der Waals surface area contributed by atoms with Crippen LogP contribution in [0.25, 0.3) is 0 Å². The molecule has 2 atom stereocenters. The molecule has 1 aliphatic rings. The Morgan fingerprint density at radius 3 is 2.38 bits per heavy atom. The van der Waals surface area contributed by atoms with Gasteiger partial charge in [-0.1, -0.05) is 70.9 Å². The maximum atomic E-state index is 4.22. The smallest absolute Gasteiger partial charge is 0.0180 e. The second-order valence-electron chi connectivity index (χ2n) is 5.85. The Hall–Kier alpha value is -0.260. The molecule has 0 aromatic rings. The van der Waals surface area contributed by atoms with Gasteiger partial charge in [0.2, 0.25) is 0 Å². The molecule has 0 spiro atoms. The summed E-state index contributed by atoms with van der Waals surface area (Å²) >= 11 is 0. The van der Waals surface area contributed by atoms with Crippen molar-refractivity contribution in [2.45, 2.75) is 72.1 Å². The van der Waals surface area contributed by atoms with Gasteiger partial charge in [-0.15, -0.1) is 0 Å². The van der Waals surface area contributed by atoms with Gasteiger partial charge in [0, 0.05) is 0 Å². The fourth-order valence-electron chi connectivity index (χ4n) is 3.37. The lowest BCUT2D eigenvalue weighted by Gasteiger charge is -2.34. The minimum Gasteiger partial charge on any atom is -0.0999 e. The van der Waals surface area contributed by atoms with Gasteiger partial charge >= 0.3 is 0 Å². The Morgan fingerprint density at radius 1 is 1.25 bits per heavy atom. The predicted molar refractivity (Wildman–Crippen MR) is 73.6 cm³/mol. The molecule has 0 amide bonds. The molecule has 0 heteroatoms. The number of hydrogen-bond acceptors (Lipinski definition) is 0. The number of rotatable bonds is 6. The summed E-state index contributed by atoms with van der Waals surface area (Å²) in [5.74, 6) is 2.62. The molecular weight excluding hydrogens is 192 g/mol. The molecule has 0 aliphatic heterocycles. The van der Waals surface area contributed by atoms with Gasteiger partial charge in [0.15, 0.2) is 0 Å². The van der Waals surface area contributed by atoms with E-state index < -0.39 is 0 Å². The first-order valence-corrected chi connectivity index (χ1v) is 7.32. The molecule has 0 nitrogen and oxygen atoms in total. The van der Waals surface area contributed by atoms with Crippen molar-refractivity contribution in [3.8, 4) is 0 Å². The second-order valence-corrected chi connectivity index (χ2v) is 5.85. The van der Waals surface area contributed by atoms with Gasteiger partial charge in [0.25, 0.3) is 0 Å². The second kappa shape index (κ2) is 7.14. The summed E-state index contributed by atoms with van der Waals surface area (Å²) in [4.78, 5) is 0. The van der Waals surface area contributed by atoms with Crippen molar-refractivity contribution >= 4 is 0 Å². The molecule has 1 saturated carbocycles. The highest BCUT2D eigenvalue weighted by molar-refractivity contribution is 4.99. The Bertz CT molecular complexity index is 198. The third-order valence-electron chi connectivity index (χ3n) is 4.53. The van der Waals surface area contributed by atoms with Crippen molar-refractivity contribution in [1.82, 2.24) is 0 Å². The van der Waals surface area contributed by atoms with Gasteiger partial charge in [-0.2, -0.15) is 0 Å². The number of hydrogen-bond donors (Lipinski definition) is 0. The highest BCUT2D eigenvalue weighted by Crippen LogP contribution is 2.37. The van der Waals surface area contributed by atoms with E-state index in [-0.39, 0.29) is 0 Å². The third kappa shape index (κ3) is 3.96. The fraction of sp³-hybridized carbons (Fsp3) is 0.875. The number of allylic oxidation sites excluding steroid dienone is 1. The van der Waals surface area contributed by atoms with Gasteiger partial charge in [0.1, 0.15) is 0 Å². The Kier molecular flexibility index (Phi) is 6.16. The van der Waals surface area contributed by atoms with Crippen LogP contribution in [0.5, 0.6) is 0 Å². The van der Waals surface area contributed by atoms with E-state index in [4.69, 9.17) is 0 Å². The average Bonchev–Trinajstić information content (AvgIpc) is 2.30. The van der Waals surface area contributed by atoms with Crippen LogP contribution in [0.15, 0.2) is 12.2 Å². The summed E-state index contributed by atoms with van der Waals surface area (Å²) < 4.78 is 0. The van der Waals surface area contributed by atoms with Crippen LogP contribution < -0.4 is 0 Å². The molecule has 0 bridgehead atoms. The van der Waals surface area contributed by atoms with Crippen LogP contribution in [0, 0.1) is 17.8 Å². The topological polar surface area (TPSA) is 0 Å². The van der Waals surface area contributed by atoms with E-state index in [0.29, 0.717) is 0 Å². The summed E-state index contributed by atoms with van der Waals surface area (Å²) in [5, 5.41) is 0. The molecule has 1 aliphatic carbocycles. The van der Waals surface area contributed by atoms with Crippen molar-refractivity contribution < 1.29 is 0 Å². The fourth-order valence-corrected chi connectivity index (χ4v) is 3.37. The summed E-state index contributed by atoms with van der Waals surface area (Å²) in [6.45, 7) is 11.2. The zero-order valence-corrected chi connectivity index (χ0v) is 11.6. The van der Waals surface area contributed by atoms with Crippen LogP contribution in [-0.2, 0) is 0 Å². The van der Waals surface area contributed by atoms with E-state index in [0.717, 1.165) is 17.8 Å². The van der Waals surface area contributed by atoms with Gasteiger partial charge in [-0.3, -0.25) is 0 Å². The summed E-state index contributed by atoms with van der Waals surface area (Å²) in [7, 11) is 0. The Balaban J connectivity index is 2.50. The SMILES string of the molecule is C=C(C)C(CCCC)C(C)C1CCCCC1. The van der Waals surface area contributed by atoms with Crippen LogP contribution in [0.3, 0.4) is 0 Å². The molecule has 94 valence electrons. The summed E-state index contributed by atoms with van der Waals surface area (Å²) in [6.07, 6.45) is 11.4. The van der Waals surface area contributed by atoms with Crippen molar-refractivity contribution in [1.29, 1.82) is 0 Å². The van der Waals surface area contributed by atoms with Gasteiger partial charge in [0.05, 0.1) is 0 Å². The summed E-state index contributed by atoms with van der Waals surface area (Å²) in [6, 6.07) is 0. The van der Waals surface area contributed by atoms with E-state index in [9.17, 15) is 0 Å². The van der Waals surface area contributed by atoms with Crippen molar-refractivity contribution in [3.05, 3.63) is 12.2 Å². The largest absolute Gasteiger partial charge is 0.0999 e. The first-order valence-electron chi connectivity index (χ1n) is 7.32. The molecule has 0 saturated heterocycles. The number of unbranched alkanes of at least 4 members (excludes halogenated alkanes) is 1. The maximum absolute atomic E-state index is 4.22. The van der Waals surface area contributed by atoms with Crippen LogP contribution in [-0.4, -0.2) is 0 Å². The standard InChI is InChI=1S/C16H30/c1-5-6-12-16(13(2)3)14(4)15-10-8-7-9-11-15/h14-16H,2,5-12H2,1,3-4H3. The minimum atomic E-state index is 0.781. The predicted octanol–water partition coefficient (Wildman–Crippen LogP) is 5.59. The lowest BCUT2D eigenvalue weighted by molar-refractivity contribution is 0.204. The zero-order valence-electron chi connectivity index (χ0n) is 11.6. The normalized spacial score (nSPS) is 21.7. The van der Waals surface area contributed by atoms with E-state index in [1.165, 1.54) is 56.9 Å². The molecule has 0 radical (unpaired) electrons.